The molecule has 0 aliphatic heterocycles. The van der Waals surface area contributed by atoms with Crippen LogP contribution >= 0.6 is 0 Å². The fourth-order valence-corrected chi connectivity index (χ4v) is 1.43. The summed E-state index contributed by atoms with van der Waals surface area (Å²) in [7, 11) is 0. The number of ketones is 1. The second kappa shape index (κ2) is 9.45. The topological polar surface area (TPSA) is 17.1 Å². The third-order valence-electron chi connectivity index (χ3n) is 2.42. The van der Waals surface area contributed by atoms with Crippen molar-refractivity contribution in [3.63, 3.8) is 0 Å². The summed E-state index contributed by atoms with van der Waals surface area (Å²) in [6.07, 6.45) is 13.1. The van der Waals surface area contributed by atoms with Gasteiger partial charge in [0.2, 0.25) is 0 Å². The number of carbonyl (C=O) groups is 1. The maximum Gasteiger partial charge on any atom is 0.158 e. The molecule has 1 heteroatoms. The van der Waals surface area contributed by atoms with Crippen LogP contribution in [0.1, 0.15) is 39.5 Å². The van der Waals surface area contributed by atoms with Gasteiger partial charge in [0.25, 0.3) is 0 Å². The second-order valence-corrected chi connectivity index (χ2v) is 3.63. The standard InChI is InChI=1S/C14H22O/c1-4-7-9-10-12-14(15)13(6-3)11-8-5-2/h4,7,9-10,12-13H,1,5-6,8,11H2,2-3H3. The summed E-state index contributed by atoms with van der Waals surface area (Å²) in [6, 6.07) is 0. The summed E-state index contributed by atoms with van der Waals surface area (Å²) in [5, 5.41) is 0. The van der Waals surface area contributed by atoms with Gasteiger partial charge < -0.3 is 0 Å². The zero-order chi connectivity index (χ0) is 11.5. The molecule has 0 rings (SSSR count). The van der Waals surface area contributed by atoms with Gasteiger partial charge in [0.15, 0.2) is 5.78 Å². The molecule has 0 spiro atoms. The van der Waals surface area contributed by atoms with E-state index in [1.807, 2.05) is 12.2 Å². The van der Waals surface area contributed by atoms with E-state index in [1.54, 1.807) is 18.2 Å². The number of rotatable bonds is 8. The summed E-state index contributed by atoms with van der Waals surface area (Å²) in [5.74, 6) is 0.456. The third-order valence-corrected chi connectivity index (χ3v) is 2.42. The van der Waals surface area contributed by atoms with Crippen LogP contribution < -0.4 is 0 Å². The maximum atomic E-state index is 11.7. The lowest BCUT2D eigenvalue weighted by atomic mass is 9.94. The highest BCUT2D eigenvalue weighted by molar-refractivity contribution is 5.91. The molecule has 0 heterocycles. The van der Waals surface area contributed by atoms with Crippen LogP contribution in [0.2, 0.25) is 0 Å². The van der Waals surface area contributed by atoms with Crippen molar-refractivity contribution in [2.45, 2.75) is 39.5 Å². The molecule has 0 amide bonds. The Bertz CT molecular complexity index is 236. The molecule has 1 unspecified atom stereocenters. The van der Waals surface area contributed by atoms with E-state index in [9.17, 15) is 4.79 Å². The molecule has 0 saturated carbocycles. The van der Waals surface area contributed by atoms with E-state index in [0.717, 1.165) is 25.7 Å². The van der Waals surface area contributed by atoms with E-state index < -0.39 is 0 Å². The van der Waals surface area contributed by atoms with E-state index in [0.29, 0.717) is 0 Å². The van der Waals surface area contributed by atoms with E-state index in [-0.39, 0.29) is 11.7 Å². The van der Waals surface area contributed by atoms with Gasteiger partial charge in [0.05, 0.1) is 0 Å². The van der Waals surface area contributed by atoms with Gasteiger partial charge in [0, 0.05) is 5.92 Å². The highest BCUT2D eigenvalue weighted by Gasteiger charge is 2.11. The molecule has 0 bridgehead atoms. The molecule has 0 aliphatic rings. The lowest BCUT2D eigenvalue weighted by Crippen LogP contribution is -2.10. The van der Waals surface area contributed by atoms with Crippen molar-refractivity contribution < 1.29 is 4.79 Å². The lowest BCUT2D eigenvalue weighted by Gasteiger charge is -2.09. The molecule has 0 fully saturated rings. The number of carbonyl (C=O) groups excluding carboxylic acids is 1. The van der Waals surface area contributed by atoms with Gasteiger partial charge in [0.1, 0.15) is 0 Å². The van der Waals surface area contributed by atoms with Crippen LogP contribution in [0.4, 0.5) is 0 Å². The number of unbranched alkanes of at least 4 members (excludes halogenated alkanes) is 1. The number of hydrogen-bond acceptors (Lipinski definition) is 1. The zero-order valence-corrected chi connectivity index (χ0v) is 9.91. The molecular formula is C14H22O. The van der Waals surface area contributed by atoms with Crippen LogP contribution in [0.3, 0.4) is 0 Å². The van der Waals surface area contributed by atoms with Crippen LogP contribution in [0, 0.1) is 5.92 Å². The Morgan fingerprint density at radius 3 is 2.53 bits per heavy atom. The minimum Gasteiger partial charge on any atom is -0.295 e. The summed E-state index contributed by atoms with van der Waals surface area (Å²) in [4.78, 5) is 11.7. The summed E-state index contributed by atoms with van der Waals surface area (Å²) >= 11 is 0. The predicted molar refractivity (Wildman–Crippen MR) is 66.8 cm³/mol. The van der Waals surface area contributed by atoms with E-state index in [1.165, 1.54) is 0 Å². The first kappa shape index (κ1) is 13.9. The first-order chi connectivity index (χ1) is 7.26. The highest BCUT2D eigenvalue weighted by atomic mass is 16.1. The molecule has 1 nitrogen and oxygen atoms in total. The minimum atomic E-state index is 0.207. The van der Waals surface area contributed by atoms with E-state index in [2.05, 4.69) is 20.4 Å². The Kier molecular flexibility index (Phi) is 8.75. The van der Waals surface area contributed by atoms with Gasteiger partial charge in [-0.3, -0.25) is 4.79 Å². The summed E-state index contributed by atoms with van der Waals surface area (Å²) < 4.78 is 0. The molecule has 0 aromatic heterocycles. The fourth-order valence-electron chi connectivity index (χ4n) is 1.43. The van der Waals surface area contributed by atoms with Crippen molar-refractivity contribution in [2.24, 2.45) is 5.92 Å². The van der Waals surface area contributed by atoms with Gasteiger partial charge >= 0.3 is 0 Å². The minimum absolute atomic E-state index is 0.207. The predicted octanol–water partition coefficient (Wildman–Crippen LogP) is 4.07. The quantitative estimate of drug-likeness (QED) is 0.432. The Balaban J connectivity index is 4.08. The van der Waals surface area contributed by atoms with Crippen LogP contribution in [-0.4, -0.2) is 5.78 Å². The largest absolute Gasteiger partial charge is 0.295 e. The summed E-state index contributed by atoms with van der Waals surface area (Å²) in [5.41, 5.74) is 0. The van der Waals surface area contributed by atoms with Gasteiger partial charge in [-0.2, -0.15) is 0 Å². The first-order valence-corrected chi connectivity index (χ1v) is 5.75. The first-order valence-electron chi connectivity index (χ1n) is 5.75. The smallest absolute Gasteiger partial charge is 0.158 e. The van der Waals surface area contributed by atoms with Gasteiger partial charge in [-0.1, -0.05) is 57.6 Å². The van der Waals surface area contributed by atoms with Crippen molar-refractivity contribution in [3.8, 4) is 0 Å². The van der Waals surface area contributed by atoms with Crippen molar-refractivity contribution in [2.75, 3.05) is 0 Å². The van der Waals surface area contributed by atoms with Crippen LogP contribution in [0.15, 0.2) is 37.0 Å². The van der Waals surface area contributed by atoms with E-state index in [4.69, 9.17) is 0 Å². The van der Waals surface area contributed by atoms with Gasteiger partial charge in [-0.15, -0.1) is 0 Å². The summed E-state index contributed by atoms with van der Waals surface area (Å²) in [6.45, 7) is 7.79. The third kappa shape index (κ3) is 6.89. The SMILES string of the molecule is C=CC=CC=CC(=O)C(CC)CCCC. The molecule has 0 aromatic rings. The Hall–Kier alpha value is -1.11. The molecule has 0 radical (unpaired) electrons. The van der Waals surface area contributed by atoms with Crippen LogP contribution in [-0.2, 0) is 4.79 Å². The van der Waals surface area contributed by atoms with Crippen molar-refractivity contribution in [1.82, 2.24) is 0 Å². The molecule has 0 aromatic carbocycles. The molecule has 0 aliphatic carbocycles. The van der Waals surface area contributed by atoms with Crippen molar-refractivity contribution in [1.29, 1.82) is 0 Å². The van der Waals surface area contributed by atoms with Gasteiger partial charge in [-0.05, 0) is 18.9 Å². The Morgan fingerprint density at radius 2 is 2.00 bits per heavy atom. The Labute approximate surface area is 93.6 Å². The molecule has 1 atom stereocenters. The Morgan fingerprint density at radius 1 is 1.27 bits per heavy atom. The average Bonchev–Trinajstić information content (AvgIpc) is 2.25. The molecule has 15 heavy (non-hydrogen) atoms. The molecular weight excluding hydrogens is 184 g/mol. The van der Waals surface area contributed by atoms with Crippen molar-refractivity contribution >= 4 is 5.78 Å². The fraction of sp³-hybridized carbons (Fsp3) is 0.500. The monoisotopic (exact) mass is 206 g/mol. The number of allylic oxidation sites excluding steroid dienone is 5. The molecule has 0 N–H and O–H groups in total. The lowest BCUT2D eigenvalue weighted by molar-refractivity contribution is -0.118. The highest BCUT2D eigenvalue weighted by Crippen LogP contribution is 2.14. The molecule has 84 valence electrons. The van der Waals surface area contributed by atoms with E-state index >= 15 is 0 Å². The van der Waals surface area contributed by atoms with Crippen LogP contribution in [0.25, 0.3) is 0 Å². The second-order valence-electron chi connectivity index (χ2n) is 3.63. The average molecular weight is 206 g/mol. The zero-order valence-electron chi connectivity index (χ0n) is 9.91. The van der Waals surface area contributed by atoms with Crippen LogP contribution in [0.5, 0.6) is 0 Å². The number of hydrogen-bond donors (Lipinski definition) is 0. The normalized spacial score (nSPS) is 13.5. The van der Waals surface area contributed by atoms with Gasteiger partial charge in [-0.25, -0.2) is 0 Å². The van der Waals surface area contributed by atoms with Crippen molar-refractivity contribution in [3.05, 3.63) is 37.0 Å². The maximum absolute atomic E-state index is 11.7. The molecule has 0 saturated heterocycles.